The van der Waals surface area contributed by atoms with Crippen LogP contribution in [0.1, 0.15) is 32.3 Å². The van der Waals surface area contributed by atoms with Crippen LogP contribution in [0.2, 0.25) is 5.02 Å². The Hall–Kier alpha value is -2.47. The number of halogens is 5. The van der Waals surface area contributed by atoms with E-state index in [1.807, 2.05) is 6.07 Å². The van der Waals surface area contributed by atoms with E-state index in [1.165, 1.54) is 12.3 Å². The van der Waals surface area contributed by atoms with Gasteiger partial charge in [0.2, 0.25) is 0 Å². The van der Waals surface area contributed by atoms with Gasteiger partial charge in [0.15, 0.2) is 5.82 Å². The molecule has 0 amide bonds. The summed E-state index contributed by atoms with van der Waals surface area (Å²) in [5, 5.41) is 9.10. The molecule has 0 bridgehead atoms. The number of anilines is 3. The lowest BCUT2D eigenvalue weighted by Gasteiger charge is -2.29. The van der Waals surface area contributed by atoms with Gasteiger partial charge in [-0.25, -0.2) is 8.78 Å². The SMILES string of the molecule is C=CNc1c(F)ccc(NC(=C)c2cc(NC(=C)C3C([C@@H]4C=CC(CC)C(C)C4)C3(Cl)Cl)ccc2Cl)c1F. The molecule has 0 aliphatic heterocycles. The number of benzene rings is 2. The largest absolute Gasteiger partial charge is 0.359 e. The van der Waals surface area contributed by atoms with E-state index < -0.39 is 16.0 Å². The monoisotopic (exact) mass is 577 g/mol. The Kier molecular flexibility index (Phi) is 8.51. The molecule has 2 aromatic carbocycles. The van der Waals surface area contributed by atoms with Crippen molar-refractivity contribution in [2.45, 2.75) is 31.0 Å². The lowest BCUT2D eigenvalue weighted by Crippen LogP contribution is -2.20. The van der Waals surface area contributed by atoms with E-state index in [2.05, 4.69) is 61.7 Å². The van der Waals surface area contributed by atoms with Crippen molar-refractivity contribution in [3.63, 3.8) is 0 Å². The Morgan fingerprint density at radius 2 is 1.87 bits per heavy atom. The molecule has 4 rings (SSSR count). The fourth-order valence-corrected chi connectivity index (χ4v) is 6.72. The first-order valence-electron chi connectivity index (χ1n) is 12.6. The summed E-state index contributed by atoms with van der Waals surface area (Å²) in [5.41, 5.74) is 2.02. The summed E-state index contributed by atoms with van der Waals surface area (Å²) in [6, 6.07) is 7.74. The van der Waals surface area contributed by atoms with Crippen molar-refractivity contribution >= 4 is 57.6 Å². The van der Waals surface area contributed by atoms with Crippen LogP contribution in [0.25, 0.3) is 5.70 Å². The summed E-state index contributed by atoms with van der Waals surface area (Å²) in [4.78, 5) is 0. The summed E-state index contributed by atoms with van der Waals surface area (Å²) < 4.78 is 27.9. The van der Waals surface area contributed by atoms with E-state index in [-0.39, 0.29) is 23.2 Å². The Morgan fingerprint density at radius 3 is 2.53 bits per heavy atom. The molecule has 0 radical (unpaired) electrons. The van der Waals surface area contributed by atoms with Crippen LogP contribution >= 0.6 is 34.8 Å². The Morgan fingerprint density at radius 1 is 1.13 bits per heavy atom. The van der Waals surface area contributed by atoms with Crippen LogP contribution in [0.3, 0.4) is 0 Å². The van der Waals surface area contributed by atoms with Gasteiger partial charge in [-0.2, -0.15) is 0 Å². The highest BCUT2D eigenvalue weighted by Gasteiger charge is 2.66. The van der Waals surface area contributed by atoms with Crippen LogP contribution in [-0.4, -0.2) is 4.33 Å². The average Bonchev–Trinajstić information content (AvgIpc) is 3.46. The molecule has 3 N–H and O–H groups in total. The first-order chi connectivity index (χ1) is 18.0. The molecule has 202 valence electrons. The highest BCUT2D eigenvalue weighted by molar-refractivity contribution is 6.51. The molecule has 8 heteroatoms. The Labute approximate surface area is 238 Å². The molecule has 4 unspecified atom stereocenters. The number of nitrogens with one attached hydrogen (secondary N) is 3. The van der Waals surface area contributed by atoms with Crippen molar-refractivity contribution in [3.8, 4) is 0 Å². The van der Waals surface area contributed by atoms with Gasteiger partial charge in [-0.1, -0.05) is 57.3 Å². The van der Waals surface area contributed by atoms with Gasteiger partial charge in [-0.05, 0) is 67.1 Å². The summed E-state index contributed by atoms with van der Waals surface area (Å²) in [6.45, 7) is 16.2. The predicted octanol–water partition coefficient (Wildman–Crippen LogP) is 9.84. The van der Waals surface area contributed by atoms with Gasteiger partial charge in [0.25, 0.3) is 0 Å². The molecular weight excluding hydrogens is 547 g/mol. The molecular formula is C30H32Cl3F2N3. The van der Waals surface area contributed by atoms with Gasteiger partial charge in [-0.15, -0.1) is 23.2 Å². The molecule has 0 saturated heterocycles. The van der Waals surface area contributed by atoms with Crippen molar-refractivity contribution in [2.75, 3.05) is 16.0 Å². The van der Waals surface area contributed by atoms with Crippen LogP contribution in [0.15, 0.2) is 74.1 Å². The van der Waals surface area contributed by atoms with Crippen LogP contribution in [-0.2, 0) is 0 Å². The zero-order valence-corrected chi connectivity index (χ0v) is 23.7. The van der Waals surface area contributed by atoms with Crippen LogP contribution in [0, 0.1) is 41.2 Å². The van der Waals surface area contributed by atoms with Crippen molar-refractivity contribution in [2.24, 2.45) is 29.6 Å². The highest BCUT2D eigenvalue weighted by atomic mass is 35.5. The van der Waals surface area contributed by atoms with Crippen LogP contribution in [0.4, 0.5) is 25.8 Å². The molecule has 1 saturated carbocycles. The zero-order chi connectivity index (χ0) is 27.8. The lowest BCUT2D eigenvalue weighted by molar-refractivity contribution is 0.304. The smallest absolute Gasteiger partial charge is 0.173 e. The van der Waals surface area contributed by atoms with Gasteiger partial charge in [0.1, 0.15) is 15.8 Å². The quantitative estimate of drug-likeness (QED) is 0.194. The molecule has 2 aromatic rings. The summed E-state index contributed by atoms with van der Waals surface area (Å²) in [6.07, 6.45) is 7.95. The van der Waals surface area contributed by atoms with E-state index in [1.54, 1.807) is 12.1 Å². The summed E-state index contributed by atoms with van der Waals surface area (Å²) in [5.74, 6) is -0.122. The van der Waals surface area contributed by atoms with Crippen molar-refractivity contribution in [1.82, 2.24) is 0 Å². The topological polar surface area (TPSA) is 36.1 Å². The molecule has 5 atom stereocenters. The first-order valence-corrected chi connectivity index (χ1v) is 13.8. The molecule has 38 heavy (non-hydrogen) atoms. The molecule has 0 heterocycles. The molecule has 3 nitrogen and oxygen atoms in total. The number of hydrogen-bond donors (Lipinski definition) is 3. The normalized spacial score (nSPS) is 25.4. The molecule has 1 fully saturated rings. The third kappa shape index (κ3) is 5.61. The Bertz CT molecular complexity index is 1290. The minimum absolute atomic E-state index is 0.0366. The maximum absolute atomic E-state index is 14.8. The average molecular weight is 579 g/mol. The second-order valence-electron chi connectivity index (χ2n) is 10.1. The molecule has 0 aromatic heterocycles. The minimum atomic E-state index is -0.893. The lowest BCUT2D eigenvalue weighted by atomic mass is 9.77. The minimum Gasteiger partial charge on any atom is -0.359 e. The van der Waals surface area contributed by atoms with Gasteiger partial charge in [0.05, 0.1) is 10.7 Å². The highest BCUT2D eigenvalue weighted by Crippen LogP contribution is 2.66. The molecule has 2 aliphatic carbocycles. The van der Waals surface area contributed by atoms with Crippen molar-refractivity contribution < 1.29 is 8.78 Å². The van der Waals surface area contributed by atoms with E-state index in [0.29, 0.717) is 39.7 Å². The van der Waals surface area contributed by atoms with Gasteiger partial charge in [0, 0.05) is 34.5 Å². The molecule has 0 spiro atoms. The fraction of sp³-hybridized carbons (Fsp3) is 0.333. The predicted molar refractivity (Wildman–Crippen MR) is 159 cm³/mol. The summed E-state index contributed by atoms with van der Waals surface area (Å²) in [7, 11) is 0. The second-order valence-corrected chi connectivity index (χ2v) is 11.9. The maximum atomic E-state index is 14.8. The number of alkyl halides is 2. The summed E-state index contributed by atoms with van der Waals surface area (Å²) >= 11 is 20.0. The first kappa shape index (κ1) is 28.5. The van der Waals surface area contributed by atoms with Gasteiger partial charge in [-0.3, -0.25) is 0 Å². The molecule has 2 aliphatic rings. The third-order valence-corrected chi connectivity index (χ3v) is 8.92. The van der Waals surface area contributed by atoms with Crippen molar-refractivity contribution in [3.05, 3.63) is 96.3 Å². The number of rotatable bonds is 10. The van der Waals surface area contributed by atoms with E-state index in [9.17, 15) is 8.78 Å². The van der Waals surface area contributed by atoms with E-state index in [0.717, 1.165) is 24.6 Å². The second kappa shape index (κ2) is 11.3. The van der Waals surface area contributed by atoms with E-state index >= 15 is 0 Å². The van der Waals surface area contributed by atoms with Crippen LogP contribution < -0.4 is 16.0 Å². The standard InChI is InChI=1S/C30H32Cl3F2N3/c1-6-19-8-9-20(14-16(19)3)27-26(30(27,32)33)18(5)37-21-10-11-23(31)22(15-21)17(4)38-25-13-12-24(34)29(28(25)35)36-7-2/h7-13,15-16,19-20,26-27,36-38H,2,4-6,14H2,1,3H3/t16?,19?,20-,26?,27?/m1/s1. The fourth-order valence-electron chi connectivity index (χ4n) is 5.51. The van der Waals surface area contributed by atoms with Crippen molar-refractivity contribution in [1.29, 1.82) is 0 Å². The number of allylic oxidation sites excluding steroid dienone is 3. The van der Waals surface area contributed by atoms with Crippen LogP contribution in [0.5, 0.6) is 0 Å². The van der Waals surface area contributed by atoms with Gasteiger partial charge < -0.3 is 16.0 Å². The van der Waals surface area contributed by atoms with E-state index in [4.69, 9.17) is 34.8 Å². The maximum Gasteiger partial charge on any atom is 0.173 e. The Balaban J connectivity index is 1.48. The third-order valence-electron chi connectivity index (χ3n) is 7.62. The van der Waals surface area contributed by atoms with Gasteiger partial charge >= 0.3 is 0 Å². The zero-order valence-electron chi connectivity index (χ0n) is 21.4. The number of hydrogen-bond acceptors (Lipinski definition) is 3.